The zero-order chi connectivity index (χ0) is 12.8. The molecule has 0 radical (unpaired) electrons. The zero-order valence-electron chi connectivity index (χ0n) is 10.8. The van der Waals surface area contributed by atoms with Gasteiger partial charge in [-0.1, -0.05) is 19.9 Å². The summed E-state index contributed by atoms with van der Waals surface area (Å²) in [6.45, 7) is 5.28. The highest BCUT2D eigenvalue weighted by Gasteiger charge is 2.10. The summed E-state index contributed by atoms with van der Waals surface area (Å²) in [6.07, 6.45) is 0. The zero-order valence-corrected chi connectivity index (χ0v) is 10.8. The van der Waals surface area contributed by atoms with Crippen LogP contribution in [0.25, 0.3) is 0 Å². The van der Waals surface area contributed by atoms with Crippen LogP contribution in [0, 0.1) is 5.92 Å². The minimum atomic E-state index is -0.164. The fraction of sp³-hybridized carbons (Fsp3) is 0.538. The van der Waals surface area contributed by atoms with Gasteiger partial charge in [-0.2, -0.15) is 0 Å². The van der Waals surface area contributed by atoms with Gasteiger partial charge in [-0.05, 0) is 23.6 Å². The molecule has 4 nitrogen and oxygen atoms in total. The molecule has 0 fully saturated rings. The van der Waals surface area contributed by atoms with Crippen molar-refractivity contribution in [3.8, 4) is 11.5 Å². The molecule has 0 spiro atoms. The third-order valence-corrected chi connectivity index (χ3v) is 2.44. The Morgan fingerprint density at radius 1 is 1.24 bits per heavy atom. The van der Waals surface area contributed by atoms with E-state index >= 15 is 0 Å². The Morgan fingerprint density at radius 3 is 2.47 bits per heavy atom. The highest BCUT2D eigenvalue weighted by molar-refractivity contribution is 5.43. The number of methoxy groups -OCH3 is 1. The molecule has 0 amide bonds. The van der Waals surface area contributed by atoms with Crippen LogP contribution in [0.2, 0.25) is 0 Å². The van der Waals surface area contributed by atoms with Crippen molar-refractivity contribution in [1.82, 2.24) is 0 Å². The number of ether oxygens (including phenoxy) is 2. The van der Waals surface area contributed by atoms with E-state index in [1.54, 1.807) is 7.11 Å². The molecule has 0 saturated carbocycles. The lowest BCUT2D eigenvalue weighted by atomic mass is 10.1. The van der Waals surface area contributed by atoms with Crippen LogP contribution in [-0.2, 0) is 0 Å². The third kappa shape index (κ3) is 3.91. The van der Waals surface area contributed by atoms with E-state index in [0.717, 1.165) is 11.3 Å². The summed E-state index contributed by atoms with van der Waals surface area (Å²) < 4.78 is 11.0. The van der Waals surface area contributed by atoms with E-state index in [2.05, 4.69) is 13.8 Å². The van der Waals surface area contributed by atoms with E-state index in [4.69, 9.17) is 20.9 Å². The van der Waals surface area contributed by atoms with Gasteiger partial charge in [0, 0.05) is 12.6 Å². The van der Waals surface area contributed by atoms with Crippen molar-refractivity contribution in [2.75, 3.05) is 20.3 Å². The van der Waals surface area contributed by atoms with Crippen LogP contribution in [0.1, 0.15) is 25.5 Å². The van der Waals surface area contributed by atoms with Crippen LogP contribution in [-0.4, -0.2) is 20.3 Å². The van der Waals surface area contributed by atoms with Gasteiger partial charge in [-0.15, -0.1) is 0 Å². The van der Waals surface area contributed by atoms with Gasteiger partial charge in [0.1, 0.15) is 0 Å². The molecule has 96 valence electrons. The van der Waals surface area contributed by atoms with Crippen molar-refractivity contribution in [3.63, 3.8) is 0 Å². The van der Waals surface area contributed by atoms with Crippen LogP contribution in [0.4, 0.5) is 0 Å². The Morgan fingerprint density at radius 2 is 1.94 bits per heavy atom. The van der Waals surface area contributed by atoms with E-state index in [0.29, 0.717) is 24.8 Å². The first-order valence-corrected chi connectivity index (χ1v) is 5.84. The topological polar surface area (TPSA) is 70.5 Å². The maximum atomic E-state index is 5.87. The molecule has 1 aromatic carbocycles. The Hall–Kier alpha value is -1.26. The first-order chi connectivity index (χ1) is 8.08. The number of rotatable bonds is 6. The molecule has 0 saturated heterocycles. The molecule has 0 aromatic heterocycles. The summed E-state index contributed by atoms with van der Waals surface area (Å²) in [4.78, 5) is 0. The molecule has 0 aliphatic carbocycles. The summed E-state index contributed by atoms with van der Waals surface area (Å²) >= 11 is 0. The van der Waals surface area contributed by atoms with E-state index in [-0.39, 0.29) is 6.04 Å². The molecule has 1 aromatic rings. The SMILES string of the molecule is COc1cc([C@@H](N)CN)ccc1OCC(C)C. The highest BCUT2D eigenvalue weighted by atomic mass is 16.5. The van der Waals surface area contributed by atoms with Gasteiger partial charge in [0.25, 0.3) is 0 Å². The molecule has 0 heterocycles. The lowest BCUT2D eigenvalue weighted by molar-refractivity contribution is 0.256. The summed E-state index contributed by atoms with van der Waals surface area (Å²) in [7, 11) is 1.62. The lowest BCUT2D eigenvalue weighted by Crippen LogP contribution is -2.20. The van der Waals surface area contributed by atoms with Crippen LogP contribution < -0.4 is 20.9 Å². The second kappa shape index (κ2) is 6.47. The fourth-order valence-corrected chi connectivity index (χ4v) is 1.43. The van der Waals surface area contributed by atoms with Crippen molar-refractivity contribution in [2.45, 2.75) is 19.9 Å². The first-order valence-electron chi connectivity index (χ1n) is 5.84. The Labute approximate surface area is 103 Å². The lowest BCUT2D eigenvalue weighted by Gasteiger charge is -2.15. The van der Waals surface area contributed by atoms with E-state index < -0.39 is 0 Å². The van der Waals surface area contributed by atoms with Crippen molar-refractivity contribution in [2.24, 2.45) is 17.4 Å². The molecule has 0 aliphatic heterocycles. The van der Waals surface area contributed by atoms with Crippen molar-refractivity contribution in [3.05, 3.63) is 23.8 Å². The predicted octanol–water partition coefficient (Wildman–Crippen LogP) is 1.69. The number of hydrogen-bond donors (Lipinski definition) is 2. The molecule has 0 unspecified atom stereocenters. The number of hydrogen-bond acceptors (Lipinski definition) is 4. The van der Waals surface area contributed by atoms with Crippen molar-refractivity contribution >= 4 is 0 Å². The second-order valence-electron chi connectivity index (χ2n) is 4.46. The predicted molar refractivity (Wildman–Crippen MR) is 69.3 cm³/mol. The molecule has 4 heteroatoms. The maximum Gasteiger partial charge on any atom is 0.161 e. The Bertz CT molecular complexity index is 353. The summed E-state index contributed by atoms with van der Waals surface area (Å²) in [5, 5.41) is 0. The van der Waals surface area contributed by atoms with Crippen LogP contribution >= 0.6 is 0 Å². The van der Waals surface area contributed by atoms with Gasteiger partial charge < -0.3 is 20.9 Å². The molecule has 1 atom stereocenters. The number of benzene rings is 1. The third-order valence-electron chi connectivity index (χ3n) is 2.44. The highest BCUT2D eigenvalue weighted by Crippen LogP contribution is 2.29. The van der Waals surface area contributed by atoms with Crippen LogP contribution in [0.15, 0.2) is 18.2 Å². The van der Waals surface area contributed by atoms with Crippen LogP contribution in [0.3, 0.4) is 0 Å². The maximum absolute atomic E-state index is 5.87. The summed E-state index contributed by atoms with van der Waals surface area (Å²) in [6, 6.07) is 5.53. The smallest absolute Gasteiger partial charge is 0.161 e. The average molecular weight is 238 g/mol. The summed E-state index contributed by atoms with van der Waals surface area (Å²) in [5.74, 6) is 1.92. The molecular formula is C13H22N2O2. The monoisotopic (exact) mass is 238 g/mol. The quantitative estimate of drug-likeness (QED) is 0.791. The van der Waals surface area contributed by atoms with Crippen LogP contribution in [0.5, 0.6) is 11.5 Å². The molecule has 17 heavy (non-hydrogen) atoms. The van der Waals surface area contributed by atoms with Gasteiger partial charge in [-0.3, -0.25) is 0 Å². The molecular weight excluding hydrogens is 216 g/mol. The van der Waals surface area contributed by atoms with E-state index in [1.165, 1.54) is 0 Å². The van der Waals surface area contributed by atoms with Gasteiger partial charge in [0.2, 0.25) is 0 Å². The second-order valence-corrected chi connectivity index (χ2v) is 4.46. The van der Waals surface area contributed by atoms with Gasteiger partial charge in [0.15, 0.2) is 11.5 Å². The Kier molecular flexibility index (Phi) is 5.25. The largest absolute Gasteiger partial charge is 0.493 e. The number of nitrogens with two attached hydrogens (primary N) is 2. The van der Waals surface area contributed by atoms with Gasteiger partial charge in [-0.25, -0.2) is 0 Å². The van der Waals surface area contributed by atoms with E-state index in [1.807, 2.05) is 18.2 Å². The molecule has 1 rings (SSSR count). The summed E-state index contributed by atoms with van der Waals surface area (Å²) in [5.41, 5.74) is 12.4. The van der Waals surface area contributed by atoms with Gasteiger partial charge in [0.05, 0.1) is 13.7 Å². The first kappa shape index (κ1) is 13.8. The minimum absolute atomic E-state index is 0.164. The minimum Gasteiger partial charge on any atom is -0.493 e. The molecule has 0 bridgehead atoms. The van der Waals surface area contributed by atoms with E-state index in [9.17, 15) is 0 Å². The molecule has 4 N–H and O–H groups in total. The normalized spacial score (nSPS) is 12.6. The molecule has 0 aliphatic rings. The standard InChI is InChI=1S/C13H22N2O2/c1-9(2)8-17-12-5-4-10(11(15)7-14)6-13(12)16-3/h4-6,9,11H,7-8,14-15H2,1-3H3/t11-/m0/s1. The fourth-order valence-electron chi connectivity index (χ4n) is 1.43. The Balaban J connectivity index is 2.85. The average Bonchev–Trinajstić information content (AvgIpc) is 2.34. The van der Waals surface area contributed by atoms with Gasteiger partial charge >= 0.3 is 0 Å². The van der Waals surface area contributed by atoms with Crippen molar-refractivity contribution in [1.29, 1.82) is 0 Å². The van der Waals surface area contributed by atoms with Crippen molar-refractivity contribution < 1.29 is 9.47 Å².